The fourth-order valence-electron chi connectivity index (χ4n) is 3.04. The van der Waals surface area contributed by atoms with Crippen LogP contribution in [0.4, 0.5) is 5.13 Å². The molecule has 1 fully saturated rings. The summed E-state index contributed by atoms with van der Waals surface area (Å²) in [6.45, 7) is 6.16. The second kappa shape index (κ2) is 7.33. The first-order chi connectivity index (χ1) is 13.5. The highest BCUT2D eigenvalue weighted by Crippen LogP contribution is 2.31. The number of rotatable bonds is 6. The maximum atomic E-state index is 12.5. The number of thiazole rings is 1. The molecule has 0 radical (unpaired) electrons. The zero-order chi connectivity index (χ0) is 19.7. The number of methoxy groups -OCH3 is 1. The van der Waals surface area contributed by atoms with Crippen molar-refractivity contribution in [2.75, 3.05) is 25.6 Å². The molecule has 146 valence electrons. The van der Waals surface area contributed by atoms with E-state index in [2.05, 4.69) is 27.5 Å². The summed E-state index contributed by atoms with van der Waals surface area (Å²) in [4.78, 5) is 18.1. The van der Waals surface area contributed by atoms with E-state index in [1.54, 1.807) is 18.0 Å². The van der Waals surface area contributed by atoms with Gasteiger partial charge in [-0.1, -0.05) is 12.1 Å². The molecule has 0 unspecified atom stereocenters. The van der Waals surface area contributed by atoms with Gasteiger partial charge < -0.3 is 9.47 Å². The van der Waals surface area contributed by atoms with E-state index < -0.39 is 0 Å². The number of benzene rings is 1. The Morgan fingerprint density at radius 2 is 2.11 bits per heavy atom. The lowest BCUT2D eigenvalue weighted by atomic mass is 9.89. The molecule has 4 rings (SSSR count). The van der Waals surface area contributed by atoms with Gasteiger partial charge in [0.2, 0.25) is 0 Å². The molecule has 9 heteroatoms. The number of nitrogens with zero attached hydrogens (tertiary/aromatic N) is 4. The molecule has 28 heavy (non-hydrogen) atoms. The van der Waals surface area contributed by atoms with E-state index in [-0.39, 0.29) is 17.0 Å². The maximum Gasteiger partial charge on any atom is 0.279 e. The summed E-state index contributed by atoms with van der Waals surface area (Å²) in [5.74, 6) is 0.465. The first kappa shape index (κ1) is 18.6. The van der Waals surface area contributed by atoms with Crippen LogP contribution in [-0.2, 0) is 11.3 Å². The highest BCUT2D eigenvalue weighted by molar-refractivity contribution is 7.16. The van der Waals surface area contributed by atoms with E-state index >= 15 is 0 Å². The van der Waals surface area contributed by atoms with E-state index in [4.69, 9.17) is 9.47 Å². The lowest BCUT2D eigenvalue weighted by molar-refractivity contribution is -0.111. The van der Waals surface area contributed by atoms with Crippen LogP contribution in [0, 0.1) is 12.3 Å². The van der Waals surface area contributed by atoms with Gasteiger partial charge in [-0.05, 0) is 31.2 Å². The third-order valence-corrected chi connectivity index (χ3v) is 5.48. The molecule has 0 aliphatic carbocycles. The summed E-state index contributed by atoms with van der Waals surface area (Å²) in [7, 11) is 1.63. The fraction of sp³-hybridized carbons (Fsp3) is 0.368. The predicted octanol–water partition coefficient (Wildman–Crippen LogP) is 3.01. The van der Waals surface area contributed by atoms with Crippen molar-refractivity contribution in [3.8, 4) is 17.0 Å². The second-order valence-corrected chi connectivity index (χ2v) is 8.41. The molecule has 1 aromatic carbocycles. The van der Waals surface area contributed by atoms with Crippen molar-refractivity contribution in [3.05, 3.63) is 41.0 Å². The summed E-state index contributed by atoms with van der Waals surface area (Å²) in [5, 5.41) is 11.4. The quantitative estimate of drug-likeness (QED) is 0.685. The smallest absolute Gasteiger partial charge is 0.279 e. The van der Waals surface area contributed by atoms with Gasteiger partial charge in [-0.15, -0.1) is 16.4 Å². The number of anilines is 1. The van der Waals surface area contributed by atoms with Gasteiger partial charge in [0.25, 0.3) is 5.91 Å². The average molecular weight is 399 g/mol. The highest BCUT2D eigenvalue weighted by Gasteiger charge is 2.34. The Hall–Kier alpha value is -2.78. The highest BCUT2D eigenvalue weighted by atomic mass is 32.1. The Morgan fingerprint density at radius 1 is 1.36 bits per heavy atom. The Kier molecular flexibility index (Phi) is 4.86. The Bertz CT molecular complexity index is 991. The Morgan fingerprint density at radius 3 is 2.75 bits per heavy atom. The molecule has 3 heterocycles. The lowest BCUT2D eigenvalue weighted by Crippen LogP contribution is -2.43. The fourth-order valence-corrected chi connectivity index (χ4v) is 3.87. The number of nitrogens with one attached hydrogen (secondary N) is 1. The van der Waals surface area contributed by atoms with Gasteiger partial charge in [0, 0.05) is 15.9 Å². The first-order valence-electron chi connectivity index (χ1n) is 8.87. The van der Waals surface area contributed by atoms with Gasteiger partial charge in [-0.25, -0.2) is 4.98 Å². The molecule has 1 aliphatic heterocycles. The molecule has 1 aliphatic rings. The summed E-state index contributed by atoms with van der Waals surface area (Å²) in [5.41, 5.74) is 2.13. The van der Waals surface area contributed by atoms with Gasteiger partial charge in [-0.2, -0.15) is 0 Å². The summed E-state index contributed by atoms with van der Waals surface area (Å²) >= 11 is 1.43. The van der Waals surface area contributed by atoms with Crippen LogP contribution in [0.2, 0.25) is 0 Å². The third-order valence-electron chi connectivity index (χ3n) is 4.60. The van der Waals surface area contributed by atoms with Crippen molar-refractivity contribution in [2.45, 2.75) is 20.4 Å². The number of amides is 1. The van der Waals surface area contributed by atoms with Crippen LogP contribution in [0.25, 0.3) is 11.3 Å². The largest absolute Gasteiger partial charge is 0.497 e. The molecule has 0 saturated carbocycles. The minimum atomic E-state index is -0.323. The molecule has 1 saturated heterocycles. The molecular weight excluding hydrogens is 378 g/mol. The van der Waals surface area contributed by atoms with E-state index in [9.17, 15) is 4.79 Å². The lowest BCUT2D eigenvalue weighted by Gasteiger charge is -2.37. The van der Waals surface area contributed by atoms with Gasteiger partial charge in [-0.3, -0.25) is 14.8 Å². The number of hydrogen-bond acceptors (Lipinski definition) is 7. The van der Waals surface area contributed by atoms with Crippen LogP contribution >= 0.6 is 11.3 Å². The maximum absolute atomic E-state index is 12.5. The predicted molar refractivity (Wildman–Crippen MR) is 106 cm³/mol. The molecule has 8 nitrogen and oxygen atoms in total. The Labute approximate surface area is 166 Å². The minimum Gasteiger partial charge on any atom is -0.497 e. The zero-order valence-corrected chi connectivity index (χ0v) is 16.7. The van der Waals surface area contributed by atoms with Crippen molar-refractivity contribution in [3.63, 3.8) is 0 Å². The monoisotopic (exact) mass is 399 g/mol. The van der Waals surface area contributed by atoms with Gasteiger partial charge in [0.1, 0.15) is 5.75 Å². The van der Waals surface area contributed by atoms with E-state index in [0.717, 1.165) is 21.9 Å². The summed E-state index contributed by atoms with van der Waals surface area (Å²) in [6, 6.07) is 7.67. The van der Waals surface area contributed by atoms with Crippen LogP contribution in [-0.4, -0.2) is 46.2 Å². The molecule has 3 aromatic rings. The molecule has 0 bridgehead atoms. The Balaban J connectivity index is 1.45. The van der Waals surface area contributed by atoms with E-state index in [1.165, 1.54) is 11.3 Å². The molecule has 0 spiro atoms. The molecule has 0 atom stereocenters. The molecular formula is C19H21N5O3S. The van der Waals surface area contributed by atoms with Crippen LogP contribution in [0.3, 0.4) is 0 Å². The molecule has 1 N–H and O–H groups in total. The molecule has 2 aromatic heterocycles. The van der Waals surface area contributed by atoms with Crippen molar-refractivity contribution < 1.29 is 14.3 Å². The second-order valence-electron chi connectivity index (χ2n) is 7.21. The summed E-state index contributed by atoms with van der Waals surface area (Å²) < 4.78 is 12.1. The van der Waals surface area contributed by atoms with E-state index in [1.807, 2.05) is 31.2 Å². The van der Waals surface area contributed by atoms with Crippen molar-refractivity contribution in [2.24, 2.45) is 5.41 Å². The topological polar surface area (TPSA) is 91.2 Å². The van der Waals surface area contributed by atoms with Crippen LogP contribution in [0.5, 0.6) is 5.75 Å². The van der Waals surface area contributed by atoms with Crippen molar-refractivity contribution in [1.29, 1.82) is 0 Å². The van der Waals surface area contributed by atoms with Crippen LogP contribution < -0.4 is 10.1 Å². The number of ether oxygens (including phenoxy) is 2. The summed E-state index contributed by atoms with van der Waals surface area (Å²) in [6.07, 6.45) is 1.66. The van der Waals surface area contributed by atoms with Crippen molar-refractivity contribution in [1.82, 2.24) is 20.0 Å². The SMILES string of the molecule is COc1ccc(-c2nc(NC(=O)c3cn(CC4(C)COC4)nn3)sc2C)cc1. The van der Waals surface area contributed by atoms with Crippen LogP contribution in [0.15, 0.2) is 30.5 Å². The zero-order valence-electron chi connectivity index (χ0n) is 15.9. The van der Waals surface area contributed by atoms with Crippen LogP contribution in [0.1, 0.15) is 22.3 Å². The standard InChI is InChI=1S/C19H21N5O3S/c1-12-16(13-4-6-14(26-3)7-5-13)20-18(28-12)21-17(25)15-8-24(23-22-15)9-19(2)10-27-11-19/h4-8H,9-11H2,1-3H3,(H,20,21,25). The third kappa shape index (κ3) is 3.76. The first-order valence-corrected chi connectivity index (χ1v) is 9.68. The number of carbonyl (C=O) groups is 1. The molecule has 1 amide bonds. The normalized spacial score (nSPS) is 15.1. The van der Waals surface area contributed by atoms with Crippen molar-refractivity contribution >= 4 is 22.4 Å². The van der Waals surface area contributed by atoms with E-state index in [0.29, 0.717) is 24.9 Å². The number of aromatic nitrogens is 4. The van der Waals surface area contributed by atoms with Gasteiger partial charge in [0.15, 0.2) is 10.8 Å². The number of hydrogen-bond donors (Lipinski definition) is 1. The van der Waals surface area contributed by atoms with Gasteiger partial charge in [0.05, 0.1) is 38.8 Å². The average Bonchev–Trinajstić information content (AvgIpc) is 3.27. The number of aryl methyl sites for hydroxylation is 1. The minimum absolute atomic E-state index is 0.0567. The number of carbonyl (C=O) groups excluding carboxylic acids is 1. The van der Waals surface area contributed by atoms with Gasteiger partial charge >= 0.3 is 0 Å².